The van der Waals surface area contributed by atoms with Gasteiger partial charge < -0.3 is 14.9 Å². The van der Waals surface area contributed by atoms with Gasteiger partial charge in [0.1, 0.15) is 0 Å². The Balaban J connectivity index is 1.31. The summed E-state index contributed by atoms with van der Waals surface area (Å²) in [7, 11) is 2.17. The summed E-state index contributed by atoms with van der Waals surface area (Å²) >= 11 is 1.87. The molecule has 0 fully saturated rings. The van der Waals surface area contributed by atoms with Gasteiger partial charge in [-0.25, -0.2) is 0 Å². The molecule has 0 unspecified atom stereocenters. The van der Waals surface area contributed by atoms with E-state index in [4.69, 9.17) is 0 Å². The Morgan fingerprint density at radius 2 is 1.09 bits per heavy atom. The summed E-state index contributed by atoms with van der Waals surface area (Å²) in [5.41, 5.74) is 12.6. The van der Waals surface area contributed by atoms with Crippen LogP contribution in [0.1, 0.15) is 11.1 Å². The topological polar surface area (TPSA) is 34.8 Å². The van der Waals surface area contributed by atoms with Crippen molar-refractivity contribution in [1.29, 1.82) is 0 Å². The Hall–Kier alpha value is -3.89. The number of aromatic amines is 2. The molecule has 35 heavy (non-hydrogen) atoms. The van der Waals surface area contributed by atoms with Crippen molar-refractivity contribution in [3.63, 3.8) is 0 Å². The molecule has 0 aliphatic carbocycles. The number of nitrogens with one attached hydrogen (secondary N) is 2. The van der Waals surface area contributed by atoms with E-state index in [-0.39, 0.29) is 0 Å². The lowest BCUT2D eigenvalue weighted by molar-refractivity contribution is 1.11. The van der Waals surface area contributed by atoms with Crippen LogP contribution in [0.15, 0.2) is 95.0 Å². The Labute approximate surface area is 208 Å². The number of hydrogen-bond donors (Lipinski definition) is 2. The average Bonchev–Trinajstić information content (AvgIpc) is 3.51. The van der Waals surface area contributed by atoms with Crippen LogP contribution in [0.5, 0.6) is 0 Å². The lowest BCUT2D eigenvalue weighted by Crippen LogP contribution is -2.14. The van der Waals surface area contributed by atoms with E-state index in [0.717, 1.165) is 0 Å². The molecule has 0 bridgehead atoms. The lowest BCUT2D eigenvalue weighted by atomic mass is 9.97. The minimum atomic E-state index is 1.19. The van der Waals surface area contributed by atoms with Gasteiger partial charge in [-0.1, -0.05) is 23.9 Å². The summed E-state index contributed by atoms with van der Waals surface area (Å²) in [4.78, 5) is 11.6. The maximum atomic E-state index is 3.32. The molecule has 0 saturated carbocycles. The second-order valence-electron chi connectivity index (χ2n) is 9.49. The summed E-state index contributed by atoms with van der Waals surface area (Å²) in [5, 5.41) is 2.50. The highest BCUT2D eigenvalue weighted by Crippen LogP contribution is 2.50. The highest BCUT2D eigenvalue weighted by molar-refractivity contribution is 7.99. The van der Waals surface area contributed by atoms with Crippen LogP contribution in [-0.4, -0.2) is 17.0 Å². The molecular formula is C31H25N3S. The van der Waals surface area contributed by atoms with Crippen LogP contribution in [0, 0.1) is 13.8 Å². The van der Waals surface area contributed by atoms with Crippen LogP contribution in [0.25, 0.3) is 44.1 Å². The van der Waals surface area contributed by atoms with E-state index in [2.05, 4.69) is 109 Å². The molecule has 3 heterocycles. The zero-order valence-electron chi connectivity index (χ0n) is 19.9. The molecule has 0 saturated heterocycles. The maximum Gasteiger partial charge on any atom is 0.0550 e. The Morgan fingerprint density at radius 3 is 1.57 bits per heavy atom. The number of H-pyrrole nitrogens is 2. The average molecular weight is 472 g/mol. The summed E-state index contributed by atoms with van der Waals surface area (Å²) in [6.07, 6.45) is 4.02. The van der Waals surface area contributed by atoms with Gasteiger partial charge in [0, 0.05) is 40.3 Å². The van der Waals surface area contributed by atoms with Crippen LogP contribution in [-0.2, 0) is 0 Å². The van der Waals surface area contributed by atoms with Crippen molar-refractivity contribution in [1.82, 2.24) is 9.97 Å². The van der Waals surface area contributed by atoms with Crippen molar-refractivity contribution in [2.24, 2.45) is 0 Å². The summed E-state index contributed by atoms with van der Waals surface area (Å²) < 4.78 is 0. The van der Waals surface area contributed by atoms with Crippen molar-refractivity contribution < 1.29 is 0 Å². The quantitative estimate of drug-likeness (QED) is 0.264. The van der Waals surface area contributed by atoms with Crippen LogP contribution < -0.4 is 4.90 Å². The van der Waals surface area contributed by atoms with Crippen molar-refractivity contribution in [3.05, 3.63) is 96.3 Å². The molecular weight excluding hydrogens is 446 g/mol. The van der Waals surface area contributed by atoms with Gasteiger partial charge in [-0.3, -0.25) is 0 Å². The summed E-state index contributed by atoms with van der Waals surface area (Å²) in [5.74, 6) is 0. The van der Waals surface area contributed by atoms with E-state index in [1.807, 2.05) is 24.2 Å². The Kier molecular flexibility index (Phi) is 4.42. The Bertz CT molecular complexity index is 1640. The first-order valence-electron chi connectivity index (χ1n) is 11.9. The number of benzene rings is 4. The number of nitrogens with zero attached hydrogens (tertiary/aromatic N) is 1. The normalized spacial score (nSPS) is 12.8. The standard InChI is InChI=1S/C31H25N3S/c1-18-12-26-22(8-10-32-26)14-24(18)20-4-6-28-30(16-20)35-31-17-21(5-7-29(31)34(28)3)25-15-23-9-11-33-27(23)13-19(25)2/h4-17,32-33H,1-3H3. The van der Waals surface area contributed by atoms with Gasteiger partial charge in [0.25, 0.3) is 0 Å². The molecule has 4 aromatic carbocycles. The predicted molar refractivity (Wildman–Crippen MR) is 149 cm³/mol. The largest absolute Gasteiger partial charge is 0.361 e. The van der Waals surface area contributed by atoms with Crippen molar-refractivity contribution in [3.8, 4) is 22.3 Å². The maximum absolute atomic E-state index is 3.32. The molecule has 1 aliphatic heterocycles. The smallest absolute Gasteiger partial charge is 0.0550 e. The molecule has 0 spiro atoms. The third-order valence-electron chi connectivity index (χ3n) is 7.28. The molecule has 3 nitrogen and oxygen atoms in total. The first kappa shape index (κ1) is 20.5. The van der Waals surface area contributed by atoms with Gasteiger partial charge in [0.2, 0.25) is 0 Å². The zero-order valence-corrected chi connectivity index (χ0v) is 20.8. The number of aryl methyl sites for hydroxylation is 2. The highest BCUT2D eigenvalue weighted by atomic mass is 32.2. The van der Waals surface area contributed by atoms with Crippen molar-refractivity contribution in [2.75, 3.05) is 11.9 Å². The minimum Gasteiger partial charge on any atom is -0.361 e. The number of hydrogen-bond acceptors (Lipinski definition) is 2. The van der Waals surface area contributed by atoms with E-state index in [1.165, 1.54) is 76.4 Å². The second-order valence-corrected chi connectivity index (χ2v) is 10.6. The van der Waals surface area contributed by atoms with Gasteiger partial charge in [0.05, 0.1) is 11.4 Å². The zero-order chi connectivity index (χ0) is 23.7. The van der Waals surface area contributed by atoms with Crippen molar-refractivity contribution in [2.45, 2.75) is 23.6 Å². The third kappa shape index (κ3) is 3.21. The van der Waals surface area contributed by atoms with E-state index < -0.39 is 0 Å². The van der Waals surface area contributed by atoms with Crippen LogP contribution in [0.4, 0.5) is 11.4 Å². The molecule has 1 aliphatic rings. The molecule has 0 amide bonds. The molecule has 7 rings (SSSR count). The van der Waals surface area contributed by atoms with Crippen LogP contribution in [0.2, 0.25) is 0 Å². The second kappa shape index (κ2) is 7.56. The van der Waals surface area contributed by atoms with Gasteiger partial charge in [-0.15, -0.1) is 0 Å². The number of rotatable bonds is 2. The molecule has 2 N–H and O–H groups in total. The molecule has 170 valence electrons. The third-order valence-corrected chi connectivity index (χ3v) is 8.37. The lowest BCUT2D eigenvalue weighted by Gasteiger charge is -2.30. The molecule has 0 atom stereocenters. The fourth-order valence-corrected chi connectivity index (χ4v) is 6.60. The minimum absolute atomic E-state index is 1.19. The Morgan fingerprint density at radius 1 is 0.600 bits per heavy atom. The van der Waals surface area contributed by atoms with E-state index in [0.29, 0.717) is 0 Å². The number of anilines is 2. The highest BCUT2D eigenvalue weighted by Gasteiger charge is 2.22. The molecule has 4 heteroatoms. The number of aromatic nitrogens is 2. The molecule has 6 aromatic rings. The van der Waals surface area contributed by atoms with Gasteiger partial charge in [-0.2, -0.15) is 0 Å². The summed E-state index contributed by atoms with van der Waals surface area (Å²) in [6, 6.07) is 27.1. The van der Waals surface area contributed by atoms with E-state index in [9.17, 15) is 0 Å². The van der Waals surface area contributed by atoms with E-state index in [1.54, 1.807) is 0 Å². The first-order chi connectivity index (χ1) is 17.0. The SMILES string of the molecule is Cc1cc2[nH]ccc2cc1-c1ccc2c(c1)Sc1cc(-c3cc4cc[nH]c4cc3C)ccc1N2C. The molecule has 0 radical (unpaired) electrons. The van der Waals surface area contributed by atoms with Crippen LogP contribution >= 0.6 is 11.8 Å². The fourth-order valence-electron chi connectivity index (χ4n) is 5.37. The fraction of sp³-hybridized carbons (Fsp3) is 0.0968. The van der Waals surface area contributed by atoms with Crippen LogP contribution in [0.3, 0.4) is 0 Å². The predicted octanol–water partition coefficient (Wildman–Crippen LogP) is 8.83. The first-order valence-corrected chi connectivity index (χ1v) is 12.7. The molecule has 2 aromatic heterocycles. The van der Waals surface area contributed by atoms with Gasteiger partial charge in [0.15, 0.2) is 0 Å². The van der Waals surface area contributed by atoms with Crippen molar-refractivity contribution >= 4 is 44.9 Å². The van der Waals surface area contributed by atoms with Gasteiger partial charge in [-0.05, 0) is 119 Å². The van der Waals surface area contributed by atoms with Gasteiger partial charge >= 0.3 is 0 Å². The monoisotopic (exact) mass is 471 g/mol. The van der Waals surface area contributed by atoms with E-state index >= 15 is 0 Å². The number of fused-ring (bicyclic) bond motifs is 4. The summed E-state index contributed by atoms with van der Waals surface area (Å²) in [6.45, 7) is 4.39.